The Balaban J connectivity index is 1.82. The van der Waals surface area contributed by atoms with Gasteiger partial charge in [0.2, 0.25) is 0 Å². The monoisotopic (exact) mass is 306 g/mol. The number of benzene rings is 2. The van der Waals surface area contributed by atoms with Crippen molar-refractivity contribution in [3.63, 3.8) is 0 Å². The molecule has 2 aromatic carbocycles. The van der Waals surface area contributed by atoms with Crippen LogP contribution in [-0.2, 0) is 0 Å². The fourth-order valence-electron chi connectivity index (χ4n) is 2.01. The lowest BCUT2D eigenvalue weighted by Gasteiger charge is -2.10. The molecule has 0 atom stereocenters. The minimum atomic E-state index is -0.641. The SMILES string of the molecule is NC(=O)c1nccnc1Nc1cccc(Oc2ccccc2)c1. The van der Waals surface area contributed by atoms with E-state index in [4.69, 9.17) is 10.5 Å². The molecular weight excluding hydrogens is 292 g/mol. The van der Waals surface area contributed by atoms with Crippen LogP contribution in [0.3, 0.4) is 0 Å². The summed E-state index contributed by atoms with van der Waals surface area (Å²) in [6.45, 7) is 0. The molecule has 6 nitrogen and oxygen atoms in total. The number of hydrogen-bond acceptors (Lipinski definition) is 5. The van der Waals surface area contributed by atoms with Gasteiger partial charge in [-0.05, 0) is 24.3 Å². The first kappa shape index (κ1) is 14.5. The summed E-state index contributed by atoms with van der Waals surface area (Å²) in [6, 6.07) is 16.8. The Morgan fingerprint density at radius 3 is 2.48 bits per heavy atom. The van der Waals surface area contributed by atoms with Gasteiger partial charge >= 0.3 is 0 Å². The lowest BCUT2D eigenvalue weighted by Crippen LogP contribution is -2.16. The molecule has 1 amide bonds. The summed E-state index contributed by atoms with van der Waals surface area (Å²) in [5, 5.41) is 3.03. The van der Waals surface area contributed by atoms with E-state index in [0.717, 1.165) is 5.75 Å². The number of ether oxygens (including phenoxy) is 1. The Bertz CT molecular complexity index is 822. The molecule has 6 heteroatoms. The molecule has 0 aliphatic heterocycles. The van der Waals surface area contributed by atoms with E-state index in [1.165, 1.54) is 12.4 Å². The highest BCUT2D eigenvalue weighted by molar-refractivity contribution is 5.96. The normalized spacial score (nSPS) is 10.1. The van der Waals surface area contributed by atoms with Crippen molar-refractivity contribution in [1.29, 1.82) is 0 Å². The molecule has 0 bridgehead atoms. The van der Waals surface area contributed by atoms with Crippen LogP contribution in [0.1, 0.15) is 10.5 Å². The number of nitrogens with one attached hydrogen (secondary N) is 1. The third kappa shape index (κ3) is 3.62. The van der Waals surface area contributed by atoms with Crippen LogP contribution in [0.5, 0.6) is 11.5 Å². The van der Waals surface area contributed by atoms with Crippen LogP contribution in [0.2, 0.25) is 0 Å². The van der Waals surface area contributed by atoms with Gasteiger partial charge in [-0.25, -0.2) is 9.97 Å². The van der Waals surface area contributed by atoms with E-state index in [2.05, 4.69) is 15.3 Å². The number of nitrogens with zero attached hydrogens (tertiary/aromatic N) is 2. The Morgan fingerprint density at radius 1 is 0.957 bits per heavy atom. The maximum Gasteiger partial charge on any atom is 0.271 e. The van der Waals surface area contributed by atoms with Gasteiger partial charge in [0.1, 0.15) is 11.5 Å². The molecule has 0 unspecified atom stereocenters. The first-order valence-electron chi connectivity index (χ1n) is 6.93. The van der Waals surface area contributed by atoms with Crippen molar-refractivity contribution >= 4 is 17.4 Å². The number of hydrogen-bond donors (Lipinski definition) is 2. The fraction of sp³-hybridized carbons (Fsp3) is 0. The van der Waals surface area contributed by atoms with E-state index in [0.29, 0.717) is 17.3 Å². The van der Waals surface area contributed by atoms with E-state index in [1.54, 1.807) is 6.07 Å². The van der Waals surface area contributed by atoms with Crippen molar-refractivity contribution < 1.29 is 9.53 Å². The molecule has 0 saturated heterocycles. The highest BCUT2D eigenvalue weighted by Crippen LogP contribution is 2.25. The van der Waals surface area contributed by atoms with E-state index in [1.807, 2.05) is 48.5 Å². The number of aromatic nitrogens is 2. The first-order chi connectivity index (χ1) is 11.2. The summed E-state index contributed by atoms with van der Waals surface area (Å²) < 4.78 is 5.77. The van der Waals surface area contributed by atoms with E-state index in [-0.39, 0.29) is 5.69 Å². The predicted molar refractivity (Wildman–Crippen MR) is 86.8 cm³/mol. The van der Waals surface area contributed by atoms with E-state index in [9.17, 15) is 4.79 Å². The second-order valence-corrected chi connectivity index (χ2v) is 4.69. The zero-order valence-electron chi connectivity index (χ0n) is 12.1. The lowest BCUT2D eigenvalue weighted by atomic mass is 10.3. The van der Waals surface area contributed by atoms with Gasteiger partial charge in [0.05, 0.1) is 0 Å². The number of rotatable bonds is 5. The quantitative estimate of drug-likeness (QED) is 0.756. The van der Waals surface area contributed by atoms with Crippen LogP contribution in [-0.4, -0.2) is 15.9 Å². The molecule has 0 aliphatic rings. The molecule has 3 rings (SSSR count). The molecule has 1 aromatic heterocycles. The number of anilines is 2. The first-order valence-corrected chi connectivity index (χ1v) is 6.93. The number of carbonyl (C=O) groups excluding carboxylic acids is 1. The Hall–Kier alpha value is -3.41. The van der Waals surface area contributed by atoms with Gasteiger partial charge < -0.3 is 15.8 Å². The molecule has 23 heavy (non-hydrogen) atoms. The van der Waals surface area contributed by atoms with Crippen molar-refractivity contribution in [3.8, 4) is 11.5 Å². The summed E-state index contributed by atoms with van der Waals surface area (Å²) in [7, 11) is 0. The molecule has 0 spiro atoms. The van der Waals surface area contributed by atoms with Crippen LogP contribution in [0.15, 0.2) is 67.0 Å². The minimum absolute atomic E-state index is 0.0851. The molecule has 114 valence electrons. The summed E-state index contributed by atoms with van der Waals surface area (Å²) in [4.78, 5) is 19.4. The largest absolute Gasteiger partial charge is 0.457 e. The standard InChI is InChI=1S/C17H14N4O2/c18-16(22)15-17(20-10-9-19-15)21-12-5-4-8-14(11-12)23-13-6-2-1-3-7-13/h1-11H,(H2,18,22)(H,20,21). The molecule has 0 radical (unpaired) electrons. The average molecular weight is 306 g/mol. The van der Waals surface area contributed by atoms with Gasteiger partial charge in [0.25, 0.3) is 5.91 Å². The third-order valence-corrected chi connectivity index (χ3v) is 3.01. The molecule has 0 fully saturated rings. The van der Waals surface area contributed by atoms with E-state index >= 15 is 0 Å². The molecule has 0 saturated carbocycles. The van der Waals surface area contributed by atoms with Gasteiger partial charge in [0.15, 0.2) is 11.5 Å². The second kappa shape index (κ2) is 6.57. The van der Waals surface area contributed by atoms with Crippen molar-refractivity contribution in [1.82, 2.24) is 9.97 Å². The molecular formula is C17H14N4O2. The Morgan fingerprint density at radius 2 is 1.70 bits per heavy atom. The van der Waals surface area contributed by atoms with Crippen LogP contribution in [0.4, 0.5) is 11.5 Å². The number of primary amides is 1. The smallest absolute Gasteiger partial charge is 0.271 e. The Labute approximate surface area is 133 Å². The highest BCUT2D eigenvalue weighted by Gasteiger charge is 2.11. The number of carbonyl (C=O) groups is 1. The second-order valence-electron chi connectivity index (χ2n) is 4.69. The van der Waals surface area contributed by atoms with Crippen molar-refractivity contribution in [2.75, 3.05) is 5.32 Å². The Kier molecular flexibility index (Phi) is 4.15. The fourth-order valence-corrected chi connectivity index (χ4v) is 2.01. The maximum absolute atomic E-state index is 11.4. The van der Waals surface area contributed by atoms with E-state index < -0.39 is 5.91 Å². The summed E-state index contributed by atoms with van der Waals surface area (Å²) in [5.74, 6) is 1.06. The predicted octanol–water partition coefficient (Wildman–Crippen LogP) is 3.11. The van der Waals surface area contributed by atoms with Crippen LogP contribution in [0.25, 0.3) is 0 Å². The van der Waals surface area contributed by atoms with Crippen LogP contribution >= 0.6 is 0 Å². The van der Waals surface area contributed by atoms with Crippen molar-refractivity contribution in [3.05, 3.63) is 72.7 Å². The summed E-state index contributed by atoms with van der Waals surface area (Å²) in [6.07, 6.45) is 2.90. The van der Waals surface area contributed by atoms with Crippen LogP contribution in [0, 0.1) is 0 Å². The summed E-state index contributed by atoms with van der Waals surface area (Å²) in [5.41, 5.74) is 6.09. The zero-order valence-corrected chi connectivity index (χ0v) is 12.1. The molecule has 3 N–H and O–H groups in total. The lowest BCUT2D eigenvalue weighted by molar-refractivity contribution is 0.0996. The van der Waals surface area contributed by atoms with Gasteiger partial charge in [-0.2, -0.15) is 0 Å². The van der Waals surface area contributed by atoms with Gasteiger partial charge in [-0.1, -0.05) is 24.3 Å². The van der Waals surface area contributed by atoms with Crippen molar-refractivity contribution in [2.24, 2.45) is 5.73 Å². The zero-order chi connectivity index (χ0) is 16.1. The van der Waals surface area contributed by atoms with Gasteiger partial charge in [-0.3, -0.25) is 4.79 Å². The topological polar surface area (TPSA) is 90.1 Å². The van der Waals surface area contributed by atoms with Gasteiger partial charge in [-0.15, -0.1) is 0 Å². The third-order valence-electron chi connectivity index (χ3n) is 3.01. The molecule has 1 heterocycles. The maximum atomic E-state index is 11.4. The number of amides is 1. The van der Waals surface area contributed by atoms with Crippen molar-refractivity contribution in [2.45, 2.75) is 0 Å². The number of para-hydroxylation sites is 1. The van der Waals surface area contributed by atoms with Gasteiger partial charge in [0, 0.05) is 24.1 Å². The average Bonchev–Trinajstić information content (AvgIpc) is 2.56. The number of nitrogens with two attached hydrogens (primary N) is 1. The molecule has 3 aromatic rings. The highest BCUT2D eigenvalue weighted by atomic mass is 16.5. The van der Waals surface area contributed by atoms with Crippen LogP contribution < -0.4 is 15.8 Å². The minimum Gasteiger partial charge on any atom is -0.457 e. The molecule has 0 aliphatic carbocycles. The summed E-state index contributed by atoms with van der Waals surface area (Å²) >= 11 is 0.